The fraction of sp³-hybridized carbons (Fsp3) is 0.368. The van der Waals surface area contributed by atoms with E-state index in [0.29, 0.717) is 12.4 Å². The Kier molecular flexibility index (Phi) is 5.09. The summed E-state index contributed by atoms with van der Waals surface area (Å²) in [6.07, 6.45) is -2.39. The Morgan fingerprint density at radius 1 is 0.958 bits per heavy atom. The van der Waals surface area contributed by atoms with Gasteiger partial charge in [-0.15, -0.1) is 0 Å². The molecule has 2 nitrogen and oxygen atoms in total. The molecule has 24 heavy (non-hydrogen) atoms. The molecule has 0 N–H and O–H groups in total. The van der Waals surface area contributed by atoms with Crippen LogP contribution in [-0.2, 0) is 19.1 Å². The number of ether oxygens (including phenoxy) is 1. The highest BCUT2D eigenvalue weighted by Crippen LogP contribution is 2.30. The van der Waals surface area contributed by atoms with E-state index in [9.17, 15) is 13.2 Å². The van der Waals surface area contributed by atoms with Crippen molar-refractivity contribution in [1.29, 1.82) is 0 Å². The van der Waals surface area contributed by atoms with Crippen molar-refractivity contribution in [3.8, 4) is 5.75 Å². The highest BCUT2D eigenvalue weighted by Gasteiger charge is 2.30. The van der Waals surface area contributed by atoms with Crippen LogP contribution in [0.5, 0.6) is 5.75 Å². The van der Waals surface area contributed by atoms with Crippen molar-refractivity contribution in [3.63, 3.8) is 0 Å². The Bertz CT molecular complexity index is 667. The van der Waals surface area contributed by atoms with E-state index in [1.54, 1.807) is 0 Å². The van der Waals surface area contributed by atoms with Crippen LogP contribution in [0.25, 0.3) is 0 Å². The van der Waals surface area contributed by atoms with Gasteiger partial charge in [-0.2, -0.15) is 13.2 Å². The number of rotatable bonds is 5. The minimum atomic E-state index is -4.30. The zero-order valence-electron chi connectivity index (χ0n) is 13.4. The number of fused-ring (bicyclic) bond motifs is 1. The summed E-state index contributed by atoms with van der Waals surface area (Å²) in [7, 11) is 0. The van der Waals surface area contributed by atoms with Gasteiger partial charge < -0.3 is 4.74 Å². The van der Waals surface area contributed by atoms with E-state index in [-0.39, 0.29) is 0 Å². The van der Waals surface area contributed by atoms with E-state index in [4.69, 9.17) is 4.74 Å². The molecule has 128 valence electrons. The molecule has 1 aliphatic heterocycles. The third-order valence-corrected chi connectivity index (χ3v) is 4.28. The van der Waals surface area contributed by atoms with E-state index in [1.807, 2.05) is 0 Å². The first-order chi connectivity index (χ1) is 11.5. The SMILES string of the molecule is FC(F)(F)c1ccc(OCCCN2CCc3ccccc3C2)cc1. The number of nitrogens with zero attached hydrogens (tertiary/aromatic N) is 1. The first-order valence-electron chi connectivity index (χ1n) is 8.11. The average Bonchev–Trinajstić information content (AvgIpc) is 2.58. The molecule has 0 unspecified atom stereocenters. The molecule has 1 heterocycles. The average molecular weight is 335 g/mol. The molecule has 3 rings (SSSR count). The summed E-state index contributed by atoms with van der Waals surface area (Å²) >= 11 is 0. The summed E-state index contributed by atoms with van der Waals surface area (Å²) in [5.41, 5.74) is 2.16. The monoisotopic (exact) mass is 335 g/mol. The van der Waals surface area contributed by atoms with E-state index < -0.39 is 11.7 Å². The van der Waals surface area contributed by atoms with Gasteiger partial charge in [0.1, 0.15) is 5.75 Å². The van der Waals surface area contributed by atoms with Gasteiger partial charge in [-0.3, -0.25) is 4.90 Å². The number of hydrogen-bond acceptors (Lipinski definition) is 2. The first kappa shape index (κ1) is 16.8. The number of alkyl halides is 3. The molecule has 2 aromatic carbocycles. The second-order valence-electron chi connectivity index (χ2n) is 6.02. The molecule has 1 aliphatic rings. The van der Waals surface area contributed by atoms with Crippen LogP contribution in [0.3, 0.4) is 0 Å². The Morgan fingerprint density at radius 2 is 1.67 bits per heavy atom. The molecular formula is C19H20F3NO. The first-order valence-corrected chi connectivity index (χ1v) is 8.11. The van der Waals surface area contributed by atoms with E-state index >= 15 is 0 Å². The lowest BCUT2D eigenvalue weighted by atomic mass is 10.00. The number of hydrogen-bond donors (Lipinski definition) is 0. The van der Waals surface area contributed by atoms with Gasteiger partial charge in [0.15, 0.2) is 0 Å². The van der Waals surface area contributed by atoms with Crippen molar-refractivity contribution >= 4 is 0 Å². The lowest BCUT2D eigenvalue weighted by Gasteiger charge is -2.28. The molecule has 0 aliphatic carbocycles. The van der Waals surface area contributed by atoms with Crippen molar-refractivity contribution in [2.75, 3.05) is 19.7 Å². The number of halogens is 3. The Labute approximate surface area is 139 Å². The maximum absolute atomic E-state index is 12.5. The van der Waals surface area contributed by atoms with E-state index in [2.05, 4.69) is 29.2 Å². The van der Waals surface area contributed by atoms with Crippen molar-refractivity contribution in [2.45, 2.75) is 25.6 Å². The summed E-state index contributed by atoms with van der Waals surface area (Å²) in [6, 6.07) is 13.3. The lowest BCUT2D eigenvalue weighted by molar-refractivity contribution is -0.137. The van der Waals surface area contributed by atoms with Crippen LogP contribution in [0.4, 0.5) is 13.2 Å². The Morgan fingerprint density at radius 3 is 2.38 bits per heavy atom. The van der Waals surface area contributed by atoms with Crippen molar-refractivity contribution in [1.82, 2.24) is 4.90 Å². The van der Waals surface area contributed by atoms with Crippen LogP contribution in [0, 0.1) is 0 Å². The third kappa shape index (κ3) is 4.29. The molecule has 0 spiro atoms. The van der Waals surface area contributed by atoms with Gasteiger partial charge in [-0.25, -0.2) is 0 Å². The summed E-state index contributed by atoms with van der Waals surface area (Å²) < 4.78 is 43.0. The topological polar surface area (TPSA) is 12.5 Å². The van der Waals surface area contributed by atoms with Gasteiger partial charge in [-0.05, 0) is 48.2 Å². The normalized spacial score (nSPS) is 15.1. The highest BCUT2D eigenvalue weighted by molar-refractivity contribution is 5.29. The zero-order valence-corrected chi connectivity index (χ0v) is 13.4. The molecule has 0 atom stereocenters. The van der Waals surface area contributed by atoms with E-state index in [0.717, 1.165) is 44.6 Å². The van der Waals surface area contributed by atoms with Crippen molar-refractivity contribution in [2.24, 2.45) is 0 Å². The summed E-state index contributed by atoms with van der Waals surface area (Å²) in [4.78, 5) is 2.39. The van der Waals surface area contributed by atoms with Crippen LogP contribution in [0.1, 0.15) is 23.1 Å². The van der Waals surface area contributed by atoms with Crippen LogP contribution < -0.4 is 4.74 Å². The summed E-state index contributed by atoms with van der Waals surface area (Å²) in [5, 5.41) is 0. The number of benzene rings is 2. The summed E-state index contributed by atoms with van der Waals surface area (Å²) in [5.74, 6) is 0.479. The fourth-order valence-electron chi connectivity index (χ4n) is 2.96. The predicted octanol–water partition coefficient (Wildman–Crippen LogP) is 4.53. The predicted molar refractivity (Wildman–Crippen MR) is 87.0 cm³/mol. The smallest absolute Gasteiger partial charge is 0.416 e. The Balaban J connectivity index is 1.42. The molecule has 0 amide bonds. The highest BCUT2D eigenvalue weighted by atomic mass is 19.4. The zero-order chi connectivity index (χ0) is 17.0. The molecule has 2 aromatic rings. The van der Waals surface area contributed by atoms with Crippen LogP contribution in [0.2, 0.25) is 0 Å². The quantitative estimate of drug-likeness (QED) is 0.744. The van der Waals surface area contributed by atoms with Gasteiger partial charge in [-0.1, -0.05) is 24.3 Å². The van der Waals surface area contributed by atoms with Crippen molar-refractivity contribution < 1.29 is 17.9 Å². The van der Waals surface area contributed by atoms with Gasteiger partial charge in [0.25, 0.3) is 0 Å². The van der Waals surface area contributed by atoms with E-state index in [1.165, 1.54) is 23.3 Å². The standard InChI is InChI=1S/C19H20F3NO/c20-19(21,22)17-6-8-18(9-7-17)24-13-3-11-23-12-10-15-4-1-2-5-16(15)14-23/h1-2,4-9H,3,10-14H2. The van der Waals surface area contributed by atoms with Gasteiger partial charge in [0.2, 0.25) is 0 Å². The second kappa shape index (κ2) is 7.26. The van der Waals surface area contributed by atoms with Crippen LogP contribution in [-0.4, -0.2) is 24.6 Å². The van der Waals surface area contributed by atoms with Crippen LogP contribution in [0.15, 0.2) is 48.5 Å². The molecule has 5 heteroatoms. The van der Waals surface area contributed by atoms with Gasteiger partial charge in [0.05, 0.1) is 12.2 Å². The third-order valence-electron chi connectivity index (χ3n) is 4.28. The molecule has 0 aromatic heterocycles. The largest absolute Gasteiger partial charge is 0.494 e. The molecule has 0 bridgehead atoms. The lowest BCUT2D eigenvalue weighted by Crippen LogP contribution is -2.31. The minimum absolute atomic E-state index is 0.479. The van der Waals surface area contributed by atoms with Gasteiger partial charge in [0, 0.05) is 19.6 Å². The second-order valence-corrected chi connectivity index (χ2v) is 6.02. The molecule has 0 fully saturated rings. The Hall–Kier alpha value is -2.01. The molecular weight excluding hydrogens is 315 g/mol. The van der Waals surface area contributed by atoms with Crippen LogP contribution >= 0.6 is 0 Å². The maximum atomic E-state index is 12.5. The van der Waals surface area contributed by atoms with Gasteiger partial charge >= 0.3 is 6.18 Å². The summed E-state index contributed by atoms with van der Waals surface area (Å²) in [6.45, 7) is 3.42. The minimum Gasteiger partial charge on any atom is -0.494 e. The maximum Gasteiger partial charge on any atom is 0.416 e. The molecule has 0 saturated heterocycles. The van der Waals surface area contributed by atoms with Crippen molar-refractivity contribution in [3.05, 3.63) is 65.2 Å². The molecule has 0 saturated carbocycles. The molecule has 0 radical (unpaired) electrons. The fourth-order valence-corrected chi connectivity index (χ4v) is 2.96.